The van der Waals surface area contributed by atoms with Crippen LogP contribution >= 0.6 is 11.6 Å². The third-order valence-electron chi connectivity index (χ3n) is 3.22. The summed E-state index contributed by atoms with van der Waals surface area (Å²) in [5, 5.41) is 9.65. The van der Waals surface area contributed by atoms with Crippen LogP contribution in [0.4, 0.5) is 4.39 Å². The van der Waals surface area contributed by atoms with Crippen molar-refractivity contribution in [3.63, 3.8) is 0 Å². The molecule has 0 saturated heterocycles. The van der Waals surface area contributed by atoms with Gasteiger partial charge in [-0.3, -0.25) is 4.79 Å². The standard InChI is InChI=1S/C16H14ClFO2/c1-10-2-4-11(5-3-10)14(16(19)20)8-12-6-7-13(17)9-15(12)18/h2-7,9,14H,8H2,1H3,(H,19,20). The van der Waals surface area contributed by atoms with E-state index in [2.05, 4.69) is 0 Å². The molecule has 0 aliphatic carbocycles. The Morgan fingerprint density at radius 1 is 1.25 bits per heavy atom. The molecule has 2 nitrogen and oxygen atoms in total. The van der Waals surface area contributed by atoms with Crippen LogP contribution in [0.3, 0.4) is 0 Å². The summed E-state index contributed by atoms with van der Waals surface area (Å²) in [6.07, 6.45) is 0.0986. The average Bonchev–Trinajstić information content (AvgIpc) is 2.39. The summed E-state index contributed by atoms with van der Waals surface area (Å²) in [6, 6.07) is 11.5. The van der Waals surface area contributed by atoms with E-state index >= 15 is 0 Å². The van der Waals surface area contributed by atoms with Crippen LogP contribution in [0.25, 0.3) is 0 Å². The van der Waals surface area contributed by atoms with Crippen molar-refractivity contribution in [3.8, 4) is 0 Å². The zero-order valence-corrected chi connectivity index (χ0v) is 11.7. The summed E-state index contributed by atoms with van der Waals surface area (Å²) >= 11 is 5.69. The lowest BCUT2D eigenvalue weighted by Gasteiger charge is -2.14. The molecule has 1 N–H and O–H groups in total. The van der Waals surface area contributed by atoms with Crippen molar-refractivity contribution in [3.05, 3.63) is 70.0 Å². The number of aryl methyl sites for hydroxylation is 1. The maximum atomic E-state index is 13.8. The van der Waals surface area contributed by atoms with Gasteiger partial charge in [-0.15, -0.1) is 0 Å². The molecule has 0 spiro atoms. The fraction of sp³-hybridized carbons (Fsp3) is 0.188. The van der Waals surface area contributed by atoms with Crippen molar-refractivity contribution in [2.24, 2.45) is 0 Å². The molecule has 1 unspecified atom stereocenters. The van der Waals surface area contributed by atoms with Gasteiger partial charge in [0.25, 0.3) is 0 Å². The molecular formula is C16H14ClFO2. The minimum atomic E-state index is -0.969. The van der Waals surface area contributed by atoms with Crippen LogP contribution < -0.4 is 0 Å². The van der Waals surface area contributed by atoms with Gasteiger partial charge in [0, 0.05) is 5.02 Å². The maximum absolute atomic E-state index is 13.8. The third-order valence-corrected chi connectivity index (χ3v) is 3.45. The molecule has 0 amide bonds. The van der Waals surface area contributed by atoms with Gasteiger partial charge < -0.3 is 5.11 Å². The van der Waals surface area contributed by atoms with E-state index in [1.807, 2.05) is 19.1 Å². The van der Waals surface area contributed by atoms with Gasteiger partial charge in [-0.05, 0) is 36.6 Å². The number of aliphatic carboxylic acids is 1. The Morgan fingerprint density at radius 2 is 1.90 bits per heavy atom. The Balaban J connectivity index is 2.30. The van der Waals surface area contributed by atoms with Gasteiger partial charge in [0.1, 0.15) is 5.82 Å². The monoisotopic (exact) mass is 292 g/mol. The molecule has 2 aromatic carbocycles. The van der Waals surface area contributed by atoms with Gasteiger partial charge in [-0.1, -0.05) is 47.5 Å². The minimum absolute atomic E-state index is 0.0986. The predicted octanol–water partition coefficient (Wildman–Crippen LogP) is 4.20. The summed E-state index contributed by atoms with van der Waals surface area (Å²) in [5.41, 5.74) is 2.07. The fourth-order valence-electron chi connectivity index (χ4n) is 2.05. The maximum Gasteiger partial charge on any atom is 0.311 e. The molecule has 0 aliphatic rings. The zero-order chi connectivity index (χ0) is 14.7. The first kappa shape index (κ1) is 14.5. The smallest absolute Gasteiger partial charge is 0.311 e. The van der Waals surface area contributed by atoms with Crippen LogP contribution in [0.15, 0.2) is 42.5 Å². The molecule has 1 atom stereocenters. The molecule has 0 bridgehead atoms. The van der Waals surface area contributed by atoms with E-state index in [9.17, 15) is 14.3 Å². The van der Waals surface area contributed by atoms with Crippen LogP contribution in [0.5, 0.6) is 0 Å². The number of halogens is 2. The molecule has 0 aliphatic heterocycles. The quantitative estimate of drug-likeness (QED) is 0.917. The Bertz CT molecular complexity index is 623. The first-order valence-electron chi connectivity index (χ1n) is 6.20. The molecule has 2 rings (SSSR count). The Hall–Kier alpha value is -1.87. The van der Waals surface area contributed by atoms with Gasteiger partial charge >= 0.3 is 5.97 Å². The van der Waals surface area contributed by atoms with E-state index < -0.39 is 17.7 Å². The van der Waals surface area contributed by atoms with Crippen molar-refractivity contribution in [2.75, 3.05) is 0 Å². The molecule has 20 heavy (non-hydrogen) atoms. The summed E-state index contributed by atoms with van der Waals surface area (Å²) in [5.74, 6) is -2.22. The highest BCUT2D eigenvalue weighted by Gasteiger charge is 2.21. The fourth-order valence-corrected chi connectivity index (χ4v) is 2.21. The van der Waals surface area contributed by atoms with Crippen molar-refractivity contribution in [2.45, 2.75) is 19.3 Å². The second-order valence-corrected chi connectivity index (χ2v) is 5.18. The third kappa shape index (κ3) is 3.36. The van der Waals surface area contributed by atoms with Gasteiger partial charge in [0.15, 0.2) is 0 Å². The predicted molar refractivity (Wildman–Crippen MR) is 76.7 cm³/mol. The molecule has 0 aromatic heterocycles. The number of hydrogen-bond donors (Lipinski definition) is 1. The lowest BCUT2D eigenvalue weighted by molar-refractivity contribution is -0.138. The van der Waals surface area contributed by atoms with Gasteiger partial charge in [-0.2, -0.15) is 0 Å². The summed E-state index contributed by atoms with van der Waals surface area (Å²) in [7, 11) is 0. The molecule has 104 valence electrons. The topological polar surface area (TPSA) is 37.3 Å². The molecule has 2 aromatic rings. The van der Waals surface area contributed by atoms with Crippen molar-refractivity contribution < 1.29 is 14.3 Å². The zero-order valence-electron chi connectivity index (χ0n) is 10.9. The number of rotatable bonds is 4. The summed E-state index contributed by atoms with van der Waals surface area (Å²) < 4.78 is 13.8. The largest absolute Gasteiger partial charge is 0.481 e. The number of carboxylic acids is 1. The number of benzene rings is 2. The number of carboxylic acid groups (broad SMARTS) is 1. The minimum Gasteiger partial charge on any atom is -0.481 e. The second kappa shape index (κ2) is 6.06. The van der Waals surface area contributed by atoms with Gasteiger partial charge in [0.2, 0.25) is 0 Å². The molecule has 0 fully saturated rings. The first-order valence-corrected chi connectivity index (χ1v) is 6.58. The van der Waals surface area contributed by atoms with Crippen LogP contribution in [0, 0.1) is 12.7 Å². The van der Waals surface area contributed by atoms with E-state index in [4.69, 9.17) is 11.6 Å². The van der Waals surface area contributed by atoms with E-state index in [-0.39, 0.29) is 6.42 Å². The Labute approximate surface area is 121 Å². The highest BCUT2D eigenvalue weighted by Crippen LogP contribution is 2.24. The van der Waals surface area contributed by atoms with Crippen molar-refractivity contribution >= 4 is 17.6 Å². The Morgan fingerprint density at radius 3 is 2.45 bits per heavy atom. The van der Waals surface area contributed by atoms with Gasteiger partial charge in [0.05, 0.1) is 5.92 Å². The van der Waals surface area contributed by atoms with E-state index in [0.717, 1.165) is 5.56 Å². The highest BCUT2D eigenvalue weighted by atomic mass is 35.5. The van der Waals surface area contributed by atoms with Crippen LogP contribution in [0.2, 0.25) is 5.02 Å². The van der Waals surface area contributed by atoms with Crippen molar-refractivity contribution in [1.29, 1.82) is 0 Å². The first-order chi connectivity index (χ1) is 9.47. The second-order valence-electron chi connectivity index (χ2n) is 4.74. The number of carbonyl (C=O) groups is 1. The van der Waals surface area contributed by atoms with E-state index in [1.165, 1.54) is 12.1 Å². The SMILES string of the molecule is Cc1ccc(C(Cc2ccc(Cl)cc2F)C(=O)O)cc1. The summed E-state index contributed by atoms with van der Waals surface area (Å²) in [4.78, 5) is 11.4. The molecule has 0 saturated carbocycles. The molecule has 0 radical (unpaired) electrons. The van der Waals surface area contributed by atoms with Crippen LogP contribution in [0.1, 0.15) is 22.6 Å². The van der Waals surface area contributed by atoms with Gasteiger partial charge in [-0.25, -0.2) is 4.39 Å². The molecular weight excluding hydrogens is 279 g/mol. The Kier molecular flexibility index (Phi) is 4.40. The molecule has 4 heteroatoms. The van der Waals surface area contributed by atoms with E-state index in [1.54, 1.807) is 18.2 Å². The normalized spacial score (nSPS) is 12.2. The van der Waals surface area contributed by atoms with Crippen molar-refractivity contribution in [1.82, 2.24) is 0 Å². The summed E-state index contributed by atoms with van der Waals surface area (Å²) in [6.45, 7) is 1.93. The van der Waals surface area contributed by atoms with Crippen LogP contribution in [-0.4, -0.2) is 11.1 Å². The average molecular weight is 293 g/mol. The number of hydrogen-bond acceptors (Lipinski definition) is 1. The molecule has 0 heterocycles. The lowest BCUT2D eigenvalue weighted by Crippen LogP contribution is -2.15. The van der Waals surface area contributed by atoms with Crippen LogP contribution in [-0.2, 0) is 11.2 Å². The highest BCUT2D eigenvalue weighted by molar-refractivity contribution is 6.30. The van der Waals surface area contributed by atoms with E-state index in [0.29, 0.717) is 16.1 Å². The lowest BCUT2D eigenvalue weighted by atomic mass is 9.91.